The highest BCUT2D eigenvalue weighted by molar-refractivity contribution is 7.09. The lowest BCUT2D eigenvalue weighted by molar-refractivity contribution is 0.201. The molecule has 0 spiro atoms. The summed E-state index contributed by atoms with van der Waals surface area (Å²) in [5, 5.41) is 9.81. The van der Waals surface area contributed by atoms with Gasteiger partial charge in [0, 0.05) is 38.7 Å². The minimum absolute atomic E-state index is 0.137. The van der Waals surface area contributed by atoms with Crippen molar-refractivity contribution in [2.45, 2.75) is 6.54 Å². The largest absolute Gasteiger partial charge is 0.395 e. The smallest absolute Gasteiger partial charge is 0.204 e. The van der Waals surface area contributed by atoms with Gasteiger partial charge in [0.2, 0.25) is 5.13 Å². The number of anilines is 1. The van der Waals surface area contributed by atoms with Crippen molar-refractivity contribution < 1.29 is 5.11 Å². The lowest BCUT2D eigenvalue weighted by Crippen LogP contribution is -2.27. The molecule has 0 unspecified atom stereocenters. The molecule has 0 saturated carbocycles. The van der Waals surface area contributed by atoms with Crippen molar-refractivity contribution in [1.29, 1.82) is 0 Å². The van der Waals surface area contributed by atoms with Crippen LogP contribution in [0.5, 0.6) is 0 Å². The minimum Gasteiger partial charge on any atom is -0.395 e. The zero-order chi connectivity index (χ0) is 12.0. The SMILES string of the molecule is C=CCN(CCO)Cc1nsc(N(C)C)n1. The average Bonchev–Trinajstić information content (AvgIpc) is 2.67. The third kappa shape index (κ3) is 3.88. The van der Waals surface area contributed by atoms with Crippen LogP contribution >= 0.6 is 11.5 Å². The van der Waals surface area contributed by atoms with Gasteiger partial charge in [-0.25, -0.2) is 4.98 Å². The van der Waals surface area contributed by atoms with Crippen LogP contribution in [-0.2, 0) is 6.54 Å². The van der Waals surface area contributed by atoms with Gasteiger partial charge in [-0.15, -0.1) is 6.58 Å². The van der Waals surface area contributed by atoms with Crippen molar-refractivity contribution in [3.63, 3.8) is 0 Å². The van der Waals surface area contributed by atoms with Gasteiger partial charge in [-0.2, -0.15) is 4.37 Å². The molecular weight excluding hydrogens is 224 g/mol. The van der Waals surface area contributed by atoms with Crippen LogP contribution in [0.2, 0.25) is 0 Å². The number of hydrogen-bond donors (Lipinski definition) is 1. The van der Waals surface area contributed by atoms with E-state index in [2.05, 4.69) is 20.8 Å². The number of aliphatic hydroxyl groups excluding tert-OH is 1. The van der Waals surface area contributed by atoms with E-state index in [1.54, 1.807) is 0 Å². The second-order valence-electron chi connectivity index (χ2n) is 3.64. The molecule has 16 heavy (non-hydrogen) atoms. The Morgan fingerprint density at radius 2 is 2.25 bits per heavy atom. The van der Waals surface area contributed by atoms with Gasteiger partial charge >= 0.3 is 0 Å². The summed E-state index contributed by atoms with van der Waals surface area (Å²) in [5.74, 6) is 0.795. The molecule has 1 aromatic rings. The average molecular weight is 242 g/mol. The highest BCUT2D eigenvalue weighted by Crippen LogP contribution is 2.14. The lowest BCUT2D eigenvalue weighted by Gasteiger charge is -2.17. The van der Waals surface area contributed by atoms with Gasteiger partial charge in [-0.05, 0) is 0 Å². The predicted molar refractivity (Wildman–Crippen MR) is 66.8 cm³/mol. The molecule has 0 fully saturated rings. The Bertz CT molecular complexity index is 326. The van der Waals surface area contributed by atoms with Crippen molar-refractivity contribution >= 4 is 16.7 Å². The molecule has 6 heteroatoms. The van der Waals surface area contributed by atoms with Gasteiger partial charge in [0.25, 0.3) is 0 Å². The van der Waals surface area contributed by atoms with Crippen LogP contribution in [0, 0.1) is 0 Å². The summed E-state index contributed by atoms with van der Waals surface area (Å²) in [4.78, 5) is 8.38. The third-order valence-electron chi connectivity index (χ3n) is 2.01. The lowest BCUT2D eigenvalue weighted by atomic mass is 10.4. The first kappa shape index (κ1) is 13.1. The van der Waals surface area contributed by atoms with E-state index in [0.717, 1.165) is 17.5 Å². The third-order valence-corrected chi connectivity index (χ3v) is 2.93. The fraction of sp³-hybridized carbons (Fsp3) is 0.600. The van der Waals surface area contributed by atoms with Gasteiger partial charge in [0.15, 0.2) is 5.82 Å². The summed E-state index contributed by atoms with van der Waals surface area (Å²) in [6.07, 6.45) is 1.81. The maximum Gasteiger partial charge on any atom is 0.204 e. The van der Waals surface area contributed by atoms with E-state index < -0.39 is 0 Å². The normalized spacial score (nSPS) is 10.8. The van der Waals surface area contributed by atoms with Crippen molar-refractivity contribution in [3.8, 4) is 0 Å². The van der Waals surface area contributed by atoms with Crippen LogP contribution in [-0.4, -0.2) is 53.2 Å². The van der Waals surface area contributed by atoms with E-state index in [-0.39, 0.29) is 6.61 Å². The number of aromatic nitrogens is 2. The Kier molecular flexibility index (Phi) is 5.37. The van der Waals surface area contributed by atoms with E-state index in [1.807, 2.05) is 25.1 Å². The molecule has 0 aliphatic rings. The summed E-state index contributed by atoms with van der Waals surface area (Å²) in [5.41, 5.74) is 0. The fourth-order valence-electron chi connectivity index (χ4n) is 1.25. The Balaban J connectivity index is 2.58. The van der Waals surface area contributed by atoms with E-state index in [1.165, 1.54) is 11.5 Å². The molecule has 0 aliphatic heterocycles. The van der Waals surface area contributed by atoms with Crippen molar-refractivity contribution in [1.82, 2.24) is 14.3 Å². The molecular formula is C10H18N4OS. The zero-order valence-electron chi connectivity index (χ0n) is 9.76. The van der Waals surface area contributed by atoms with E-state index in [4.69, 9.17) is 5.11 Å². The molecule has 1 heterocycles. The summed E-state index contributed by atoms with van der Waals surface area (Å²) < 4.78 is 4.27. The molecule has 0 aliphatic carbocycles. The fourth-order valence-corrected chi connectivity index (χ4v) is 1.84. The Morgan fingerprint density at radius 1 is 1.50 bits per heavy atom. The summed E-state index contributed by atoms with van der Waals surface area (Å²) in [6.45, 7) is 5.82. The molecule has 5 nitrogen and oxygen atoms in total. The number of hydrogen-bond acceptors (Lipinski definition) is 6. The predicted octanol–water partition coefficient (Wildman–Crippen LogP) is 0.584. The van der Waals surface area contributed by atoms with Crippen LogP contribution in [0.4, 0.5) is 5.13 Å². The molecule has 0 bridgehead atoms. The standard InChI is InChI=1S/C10H18N4OS/c1-4-5-14(6-7-15)8-9-11-10(13(2)3)16-12-9/h4,15H,1,5-8H2,2-3H3. The van der Waals surface area contributed by atoms with E-state index >= 15 is 0 Å². The van der Waals surface area contributed by atoms with Gasteiger partial charge in [0.05, 0.1) is 13.2 Å². The van der Waals surface area contributed by atoms with Crippen LogP contribution in [0.15, 0.2) is 12.7 Å². The van der Waals surface area contributed by atoms with E-state index in [0.29, 0.717) is 13.1 Å². The Hall–Kier alpha value is -0.980. The Morgan fingerprint density at radius 3 is 2.75 bits per heavy atom. The number of nitrogens with zero attached hydrogens (tertiary/aromatic N) is 4. The maximum atomic E-state index is 8.91. The quantitative estimate of drug-likeness (QED) is 0.709. The topological polar surface area (TPSA) is 52.5 Å². The van der Waals surface area contributed by atoms with Crippen molar-refractivity contribution in [2.24, 2.45) is 0 Å². The molecule has 1 N–H and O–H groups in total. The zero-order valence-corrected chi connectivity index (χ0v) is 10.6. The van der Waals surface area contributed by atoms with E-state index in [9.17, 15) is 0 Å². The first-order valence-electron chi connectivity index (χ1n) is 5.11. The summed E-state index contributed by atoms with van der Waals surface area (Å²) in [6, 6.07) is 0. The maximum absolute atomic E-state index is 8.91. The molecule has 0 atom stereocenters. The summed E-state index contributed by atoms with van der Waals surface area (Å²) >= 11 is 1.39. The molecule has 1 aromatic heterocycles. The van der Waals surface area contributed by atoms with Gasteiger partial charge in [-0.3, -0.25) is 4.90 Å². The highest BCUT2D eigenvalue weighted by Gasteiger charge is 2.09. The van der Waals surface area contributed by atoms with Crippen molar-refractivity contribution in [3.05, 3.63) is 18.5 Å². The van der Waals surface area contributed by atoms with Gasteiger partial charge in [0.1, 0.15) is 0 Å². The Labute approximate surface area is 100 Å². The first-order valence-corrected chi connectivity index (χ1v) is 5.88. The van der Waals surface area contributed by atoms with Crippen LogP contribution < -0.4 is 4.90 Å². The first-order chi connectivity index (χ1) is 7.67. The molecule has 1 rings (SSSR count). The van der Waals surface area contributed by atoms with Gasteiger partial charge in [-0.1, -0.05) is 6.08 Å². The second kappa shape index (κ2) is 6.57. The van der Waals surface area contributed by atoms with Crippen molar-refractivity contribution in [2.75, 3.05) is 38.7 Å². The number of rotatable bonds is 7. The monoisotopic (exact) mass is 242 g/mol. The van der Waals surface area contributed by atoms with Crippen LogP contribution in [0.3, 0.4) is 0 Å². The molecule has 0 aromatic carbocycles. The molecule has 0 saturated heterocycles. The molecule has 90 valence electrons. The highest BCUT2D eigenvalue weighted by atomic mass is 32.1. The number of aliphatic hydroxyl groups is 1. The second-order valence-corrected chi connectivity index (χ2v) is 4.37. The molecule has 0 amide bonds. The van der Waals surface area contributed by atoms with Crippen LogP contribution in [0.1, 0.15) is 5.82 Å². The summed E-state index contributed by atoms with van der Waals surface area (Å²) in [7, 11) is 3.89. The van der Waals surface area contributed by atoms with Gasteiger partial charge < -0.3 is 10.0 Å². The minimum atomic E-state index is 0.137. The van der Waals surface area contributed by atoms with Crippen LogP contribution in [0.25, 0.3) is 0 Å². The molecule has 0 radical (unpaired) electrons.